The third-order valence-corrected chi connectivity index (χ3v) is 3.63. The van der Waals surface area contributed by atoms with Gasteiger partial charge < -0.3 is 10.4 Å². The molecular formula is C12H21F3N2O2. The van der Waals surface area contributed by atoms with Crippen LogP contribution >= 0.6 is 0 Å². The number of carbonyl (C=O) groups is 1. The van der Waals surface area contributed by atoms with Gasteiger partial charge in [0.15, 0.2) is 0 Å². The Labute approximate surface area is 111 Å². The van der Waals surface area contributed by atoms with Crippen LogP contribution in [0.5, 0.6) is 0 Å². The number of rotatable bonds is 5. The van der Waals surface area contributed by atoms with E-state index in [0.717, 1.165) is 6.42 Å². The number of nitrogens with one attached hydrogen (secondary N) is 1. The van der Waals surface area contributed by atoms with Crippen molar-refractivity contribution in [3.05, 3.63) is 0 Å². The van der Waals surface area contributed by atoms with Gasteiger partial charge in [0.2, 0.25) is 0 Å². The molecule has 1 saturated heterocycles. The zero-order valence-electron chi connectivity index (χ0n) is 11.2. The van der Waals surface area contributed by atoms with Gasteiger partial charge in [-0.3, -0.25) is 9.69 Å². The summed E-state index contributed by atoms with van der Waals surface area (Å²) < 4.78 is 36.6. The van der Waals surface area contributed by atoms with Crippen molar-refractivity contribution in [2.45, 2.75) is 44.9 Å². The molecule has 0 spiro atoms. The molecule has 3 unspecified atom stereocenters. The van der Waals surface area contributed by atoms with E-state index < -0.39 is 30.7 Å². The van der Waals surface area contributed by atoms with Crippen LogP contribution < -0.4 is 5.32 Å². The van der Waals surface area contributed by atoms with Gasteiger partial charge in [-0.15, -0.1) is 0 Å². The number of nitrogens with zero attached hydrogens (tertiary/aromatic N) is 1. The highest BCUT2D eigenvalue weighted by Gasteiger charge is 2.35. The van der Waals surface area contributed by atoms with Gasteiger partial charge in [-0.2, -0.15) is 13.2 Å². The quantitative estimate of drug-likeness (QED) is 0.806. The standard InChI is InChI=1S/C12H21F3N2O2/c1-3-8(2)17-5-9(11(18)19)4-10(6-17)16-7-12(13,14)15/h8-10,16H,3-7H2,1-2H3,(H,18,19). The van der Waals surface area contributed by atoms with Gasteiger partial charge in [0, 0.05) is 25.2 Å². The molecule has 1 aliphatic heterocycles. The topological polar surface area (TPSA) is 52.6 Å². The lowest BCUT2D eigenvalue weighted by Crippen LogP contribution is -2.54. The van der Waals surface area contributed by atoms with E-state index in [1.165, 1.54) is 0 Å². The number of halogens is 3. The first-order chi connectivity index (χ1) is 8.73. The lowest BCUT2D eigenvalue weighted by atomic mass is 9.93. The summed E-state index contributed by atoms with van der Waals surface area (Å²) >= 11 is 0. The highest BCUT2D eigenvalue weighted by atomic mass is 19.4. The van der Waals surface area contributed by atoms with Crippen molar-refractivity contribution in [3.8, 4) is 0 Å². The Balaban J connectivity index is 2.62. The SMILES string of the molecule is CCC(C)N1CC(NCC(F)(F)F)CC(C(=O)O)C1. The second kappa shape index (κ2) is 6.56. The average Bonchev–Trinajstić information content (AvgIpc) is 2.34. The molecule has 112 valence electrons. The Bertz CT molecular complexity index is 310. The van der Waals surface area contributed by atoms with Gasteiger partial charge in [-0.25, -0.2) is 0 Å². The van der Waals surface area contributed by atoms with Crippen LogP contribution in [0.4, 0.5) is 13.2 Å². The molecule has 0 radical (unpaired) electrons. The molecule has 0 amide bonds. The summed E-state index contributed by atoms with van der Waals surface area (Å²) in [7, 11) is 0. The van der Waals surface area contributed by atoms with E-state index in [4.69, 9.17) is 5.11 Å². The van der Waals surface area contributed by atoms with E-state index in [2.05, 4.69) is 5.32 Å². The number of aliphatic carboxylic acids is 1. The first-order valence-corrected chi connectivity index (χ1v) is 6.50. The summed E-state index contributed by atoms with van der Waals surface area (Å²) in [5.74, 6) is -1.54. The fourth-order valence-corrected chi connectivity index (χ4v) is 2.34. The third-order valence-electron chi connectivity index (χ3n) is 3.63. The van der Waals surface area contributed by atoms with Gasteiger partial charge in [-0.1, -0.05) is 6.92 Å². The summed E-state index contributed by atoms with van der Waals surface area (Å²) in [4.78, 5) is 13.0. The van der Waals surface area contributed by atoms with Crippen LogP contribution in [0.2, 0.25) is 0 Å². The molecule has 1 heterocycles. The Morgan fingerprint density at radius 3 is 2.58 bits per heavy atom. The van der Waals surface area contributed by atoms with Crippen molar-refractivity contribution in [2.24, 2.45) is 5.92 Å². The van der Waals surface area contributed by atoms with Gasteiger partial charge >= 0.3 is 12.1 Å². The Hall–Kier alpha value is -0.820. The maximum absolute atomic E-state index is 12.2. The van der Waals surface area contributed by atoms with E-state index >= 15 is 0 Å². The normalized spacial score (nSPS) is 27.2. The summed E-state index contributed by atoms with van der Waals surface area (Å²) in [5, 5.41) is 11.5. The number of hydrogen-bond donors (Lipinski definition) is 2. The molecule has 1 fully saturated rings. The Kier molecular flexibility index (Phi) is 5.61. The van der Waals surface area contributed by atoms with Crippen LogP contribution in [0.3, 0.4) is 0 Å². The average molecular weight is 282 g/mol. The van der Waals surface area contributed by atoms with Gasteiger partial charge in [0.1, 0.15) is 0 Å². The number of piperidine rings is 1. The van der Waals surface area contributed by atoms with E-state index in [9.17, 15) is 18.0 Å². The van der Waals surface area contributed by atoms with Crippen molar-refractivity contribution >= 4 is 5.97 Å². The second-order valence-electron chi connectivity index (χ2n) is 5.18. The number of alkyl halides is 3. The molecule has 3 atom stereocenters. The van der Waals surface area contributed by atoms with Crippen molar-refractivity contribution in [1.82, 2.24) is 10.2 Å². The molecule has 1 rings (SSSR count). The highest BCUT2D eigenvalue weighted by Crippen LogP contribution is 2.21. The maximum atomic E-state index is 12.2. The maximum Gasteiger partial charge on any atom is 0.401 e. The van der Waals surface area contributed by atoms with Gasteiger partial charge in [0.25, 0.3) is 0 Å². The fourth-order valence-electron chi connectivity index (χ4n) is 2.34. The minimum absolute atomic E-state index is 0.178. The molecule has 0 bridgehead atoms. The van der Waals surface area contributed by atoms with Crippen LogP contribution in [0.15, 0.2) is 0 Å². The fraction of sp³-hybridized carbons (Fsp3) is 0.917. The molecular weight excluding hydrogens is 261 g/mol. The summed E-state index contributed by atoms with van der Waals surface area (Å²) in [5.41, 5.74) is 0. The highest BCUT2D eigenvalue weighted by molar-refractivity contribution is 5.70. The third kappa shape index (κ3) is 5.36. The number of hydrogen-bond acceptors (Lipinski definition) is 3. The smallest absolute Gasteiger partial charge is 0.401 e. The van der Waals surface area contributed by atoms with E-state index in [0.29, 0.717) is 13.1 Å². The lowest BCUT2D eigenvalue weighted by molar-refractivity contribution is -0.145. The van der Waals surface area contributed by atoms with Crippen LogP contribution in [0.25, 0.3) is 0 Å². The molecule has 0 aromatic heterocycles. The lowest BCUT2D eigenvalue weighted by Gasteiger charge is -2.39. The predicted octanol–water partition coefficient (Wildman–Crippen LogP) is 1.71. The minimum Gasteiger partial charge on any atom is -0.481 e. The van der Waals surface area contributed by atoms with Crippen molar-refractivity contribution in [1.29, 1.82) is 0 Å². The predicted molar refractivity (Wildman–Crippen MR) is 64.9 cm³/mol. The molecule has 19 heavy (non-hydrogen) atoms. The Morgan fingerprint density at radius 2 is 2.11 bits per heavy atom. The van der Waals surface area contributed by atoms with Crippen LogP contribution in [-0.4, -0.2) is 53.9 Å². The van der Waals surface area contributed by atoms with Crippen LogP contribution in [0.1, 0.15) is 26.7 Å². The van der Waals surface area contributed by atoms with Crippen LogP contribution in [-0.2, 0) is 4.79 Å². The number of likely N-dealkylation sites (tertiary alicyclic amines) is 1. The molecule has 2 N–H and O–H groups in total. The zero-order chi connectivity index (χ0) is 14.6. The zero-order valence-corrected chi connectivity index (χ0v) is 11.2. The molecule has 1 aliphatic rings. The first kappa shape index (κ1) is 16.2. The molecule has 0 aromatic rings. The van der Waals surface area contributed by atoms with Crippen LogP contribution in [0, 0.1) is 5.92 Å². The summed E-state index contributed by atoms with van der Waals surface area (Å²) in [6, 6.07) is -0.247. The number of carboxylic acid groups (broad SMARTS) is 1. The second-order valence-corrected chi connectivity index (χ2v) is 5.18. The molecule has 7 heteroatoms. The van der Waals surface area contributed by atoms with Gasteiger partial charge in [-0.05, 0) is 19.8 Å². The summed E-state index contributed by atoms with van der Waals surface area (Å²) in [6.45, 7) is 3.75. The molecule has 0 aliphatic carbocycles. The largest absolute Gasteiger partial charge is 0.481 e. The monoisotopic (exact) mass is 282 g/mol. The van der Waals surface area contributed by atoms with E-state index in [1.54, 1.807) is 0 Å². The minimum atomic E-state index is -4.27. The molecule has 4 nitrogen and oxygen atoms in total. The van der Waals surface area contributed by atoms with Crippen molar-refractivity contribution < 1.29 is 23.1 Å². The molecule has 0 saturated carbocycles. The Morgan fingerprint density at radius 1 is 1.47 bits per heavy atom. The van der Waals surface area contributed by atoms with Gasteiger partial charge in [0.05, 0.1) is 12.5 Å². The first-order valence-electron chi connectivity index (χ1n) is 6.50. The van der Waals surface area contributed by atoms with E-state index in [-0.39, 0.29) is 12.5 Å². The van der Waals surface area contributed by atoms with Crippen molar-refractivity contribution in [3.63, 3.8) is 0 Å². The number of carboxylic acids is 1. The van der Waals surface area contributed by atoms with Crippen molar-refractivity contribution in [2.75, 3.05) is 19.6 Å². The van der Waals surface area contributed by atoms with E-state index in [1.807, 2.05) is 18.7 Å². The molecule has 0 aromatic carbocycles. The summed E-state index contributed by atoms with van der Waals surface area (Å²) in [6.07, 6.45) is -3.17.